The Labute approximate surface area is 127 Å². The van der Waals surface area contributed by atoms with Crippen molar-refractivity contribution in [3.8, 4) is 0 Å². The van der Waals surface area contributed by atoms with Crippen molar-refractivity contribution in [3.63, 3.8) is 0 Å². The first-order chi connectivity index (χ1) is 10.4. The van der Waals surface area contributed by atoms with Crippen LogP contribution in [0.1, 0.15) is 11.5 Å². The Balaban J connectivity index is 2.01. The van der Waals surface area contributed by atoms with E-state index in [4.69, 9.17) is 0 Å². The lowest BCUT2D eigenvalue weighted by Gasteiger charge is -2.04. The lowest BCUT2D eigenvalue weighted by atomic mass is 10.1. The molecule has 3 atom stereocenters. The SMILES string of the molecule is O=C(O)[C@@H]1[C@@H](c2cccc(F)c2)[C@@H]1S(=O)(=O)c1ccccc1. The van der Waals surface area contributed by atoms with Crippen LogP contribution < -0.4 is 0 Å². The number of hydrogen-bond donors (Lipinski definition) is 1. The van der Waals surface area contributed by atoms with Gasteiger partial charge < -0.3 is 5.11 Å². The molecule has 0 radical (unpaired) electrons. The van der Waals surface area contributed by atoms with E-state index in [1.807, 2.05) is 0 Å². The highest BCUT2D eigenvalue weighted by atomic mass is 32.2. The van der Waals surface area contributed by atoms with E-state index >= 15 is 0 Å². The summed E-state index contributed by atoms with van der Waals surface area (Å²) in [5, 5.41) is 8.22. The second-order valence-corrected chi connectivity index (χ2v) is 7.37. The van der Waals surface area contributed by atoms with Crippen LogP contribution in [0.25, 0.3) is 0 Å². The van der Waals surface area contributed by atoms with Crippen LogP contribution in [0.5, 0.6) is 0 Å². The Morgan fingerprint density at radius 3 is 2.32 bits per heavy atom. The van der Waals surface area contributed by atoms with Gasteiger partial charge in [0.25, 0.3) is 0 Å². The molecule has 0 aromatic heterocycles. The zero-order valence-electron chi connectivity index (χ0n) is 11.4. The monoisotopic (exact) mass is 320 g/mol. The molecule has 1 N–H and O–H groups in total. The number of halogens is 1. The van der Waals surface area contributed by atoms with E-state index in [0.717, 1.165) is 0 Å². The van der Waals surface area contributed by atoms with Crippen LogP contribution in [-0.2, 0) is 14.6 Å². The molecule has 0 bridgehead atoms. The van der Waals surface area contributed by atoms with Crippen molar-refractivity contribution in [1.29, 1.82) is 0 Å². The van der Waals surface area contributed by atoms with Crippen LogP contribution in [0.3, 0.4) is 0 Å². The summed E-state index contributed by atoms with van der Waals surface area (Å²) in [7, 11) is -3.77. The molecule has 0 unspecified atom stereocenters. The molecule has 4 nitrogen and oxygen atoms in total. The number of hydrogen-bond acceptors (Lipinski definition) is 3. The van der Waals surface area contributed by atoms with Crippen molar-refractivity contribution in [1.82, 2.24) is 0 Å². The number of carboxylic acid groups (broad SMARTS) is 1. The summed E-state index contributed by atoms with van der Waals surface area (Å²) in [6, 6.07) is 13.2. The van der Waals surface area contributed by atoms with Gasteiger partial charge in [-0.15, -0.1) is 0 Å². The third-order valence-corrected chi connectivity index (χ3v) is 6.13. The Hall–Kier alpha value is -2.21. The molecular formula is C16H13FO4S. The zero-order chi connectivity index (χ0) is 15.9. The Kier molecular flexibility index (Phi) is 3.48. The number of benzene rings is 2. The molecular weight excluding hydrogens is 307 g/mol. The van der Waals surface area contributed by atoms with E-state index in [1.165, 1.54) is 30.3 Å². The van der Waals surface area contributed by atoms with Gasteiger partial charge in [-0.2, -0.15) is 0 Å². The minimum Gasteiger partial charge on any atom is -0.481 e. The average molecular weight is 320 g/mol. The predicted octanol–water partition coefficient (Wildman–Crippen LogP) is 2.47. The fourth-order valence-electron chi connectivity index (χ4n) is 2.84. The van der Waals surface area contributed by atoms with Gasteiger partial charge in [0.15, 0.2) is 9.84 Å². The normalized spacial score (nSPS) is 24.0. The van der Waals surface area contributed by atoms with Crippen molar-refractivity contribution in [3.05, 3.63) is 66.0 Å². The smallest absolute Gasteiger partial charge is 0.308 e. The molecule has 6 heteroatoms. The van der Waals surface area contributed by atoms with Crippen LogP contribution in [0.4, 0.5) is 4.39 Å². The summed E-state index contributed by atoms with van der Waals surface area (Å²) < 4.78 is 38.6. The van der Waals surface area contributed by atoms with Gasteiger partial charge in [-0.25, -0.2) is 12.8 Å². The van der Waals surface area contributed by atoms with E-state index in [1.54, 1.807) is 24.3 Å². The molecule has 2 aromatic carbocycles. The fourth-order valence-corrected chi connectivity index (χ4v) is 4.99. The molecule has 3 rings (SSSR count). The Morgan fingerprint density at radius 2 is 1.73 bits per heavy atom. The highest BCUT2D eigenvalue weighted by Crippen LogP contribution is 2.54. The number of rotatable bonds is 4. The van der Waals surface area contributed by atoms with Crippen LogP contribution in [0, 0.1) is 11.7 Å². The molecule has 114 valence electrons. The highest BCUT2D eigenvalue weighted by Gasteiger charge is 2.63. The van der Waals surface area contributed by atoms with Crippen molar-refractivity contribution in [2.24, 2.45) is 5.92 Å². The van der Waals surface area contributed by atoms with Gasteiger partial charge in [0.05, 0.1) is 16.1 Å². The van der Waals surface area contributed by atoms with Crippen LogP contribution in [0.15, 0.2) is 59.5 Å². The minimum absolute atomic E-state index is 0.0881. The van der Waals surface area contributed by atoms with Gasteiger partial charge in [0, 0.05) is 5.92 Å². The van der Waals surface area contributed by atoms with E-state index < -0.39 is 38.7 Å². The molecule has 2 aromatic rings. The molecule has 22 heavy (non-hydrogen) atoms. The summed E-state index contributed by atoms with van der Waals surface area (Å²) in [5.41, 5.74) is 0.400. The van der Waals surface area contributed by atoms with Crippen molar-refractivity contribution >= 4 is 15.8 Å². The largest absolute Gasteiger partial charge is 0.481 e. The van der Waals surface area contributed by atoms with Crippen LogP contribution in [0.2, 0.25) is 0 Å². The lowest BCUT2D eigenvalue weighted by molar-refractivity contribution is -0.138. The van der Waals surface area contributed by atoms with E-state index in [9.17, 15) is 22.7 Å². The minimum atomic E-state index is -3.77. The van der Waals surface area contributed by atoms with Crippen molar-refractivity contribution in [2.75, 3.05) is 0 Å². The van der Waals surface area contributed by atoms with E-state index in [2.05, 4.69) is 0 Å². The molecule has 0 saturated heterocycles. The fraction of sp³-hybridized carbons (Fsp3) is 0.188. The van der Waals surface area contributed by atoms with Gasteiger partial charge in [-0.3, -0.25) is 4.79 Å². The number of carboxylic acids is 1. The van der Waals surface area contributed by atoms with Gasteiger partial charge >= 0.3 is 5.97 Å². The first kappa shape index (κ1) is 14.7. The maximum Gasteiger partial charge on any atom is 0.308 e. The van der Waals surface area contributed by atoms with Crippen LogP contribution in [-0.4, -0.2) is 24.7 Å². The van der Waals surface area contributed by atoms with Gasteiger partial charge in [0.2, 0.25) is 0 Å². The number of aliphatic carboxylic acids is 1. The zero-order valence-corrected chi connectivity index (χ0v) is 12.2. The standard InChI is InChI=1S/C16H13FO4S/c17-11-6-4-5-10(9-11)13-14(16(18)19)15(13)22(20,21)12-7-2-1-3-8-12/h1-9,13-15H,(H,18,19)/t13-,14-,15+/m1/s1. The molecule has 1 saturated carbocycles. The first-order valence-electron chi connectivity index (χ1n) is 6.70. The van der Waals surface area contributed by atoms with Gasteiger partial charge in [0.1, 0.15) is 5.82 Å². The molecule has 0 aliphatic heterocycles. The molecule has 0 spiro atoms. The molecule has 0 amide bonds. The summed E-state index contributed by atoms with van der Waals surface area (Å²) in [4.78, 5) is 11.4. The highest BCUT2D eigenvalue weighted by molar-refractivity contribution is 7.92. The maximum absolute atomic E-state index is 13.3. The molecule has 0 heterocycles. The van der Waals surface area contributed by atoms with Crippen molar-refractivity contribution in [2.45, 2.75) is 16.1 Å². The van der Waals surface area contributed by atoms with Crippen molar-refractivity contribution < 1.29 is 22.7 Å². The van der Waals surface area contributed by atoms with Gasteiger partial charge in [-0.1, -0.05) is 30.3 Å². The second kappa shape index (κ2) is 5.21. The summed E-state index contributed by atoms with van der Waals surface area (Å²) in [5.74, 6) is -3.46. The third kappa shape index (κ3) is 2.39. The topological polar surface area (TPSA) is 71.4 Å². The summed E-state index contributed by atoms with van der Waals surface area (Å²) in [6.07, 6.45) is 0. The molecule has 1 aliphatic carbocycles. The molecule has 1 fully saturated rings. The quantitative estimate of drug-likeness (QED) is 0.939. The van der Waals surface area contributed by atoms with Crippen LogP contribution >= 0.6 is 0 Å². The summed E-state index contributed by atoms with van der Waals surface area (Å²) in [6.45, 7) is 0. The predicted molar refractivity (Wildman–Crippen MR) is 77.7 cm³/mol. The Bertz CT molecular complexity index is 817. The number of carbonyl (C=O) groups is 1. The molecule has 1 aliphatic rings. The summed E-state index contributed by atoms with van der Waals surface area (Å²) >= 11 is 0. The second-order valence-electron chi connectivity index (χ2n) is 5.27. The Morgan fingerprint density at radius 1 is 1.05 bits per heavy atom. The van der Waals surface area contributed by atoms with E-state index in [0.29, 0.717) is 5.56 Å². The lowest BCUT2D eigenvalue weighted by Crippen LogP contribution is -2.13. The first-order valence-corrected chi connectivity index (χ1v) is 8.25. The third-order valence-electron chi connectivity index (χ3n) is 3.90. The average Bonchev–Trinajstić information content (AvgIpc) is 3.25. The van der Waals surface area contributed by atoms with Gasteiger partial charge in [-0.05, 0) is 29.8 Å². The maximum atomic E-state index is 13.3. The number of sulfone groups is 1. The van der Waals surface area contributed by atoms with E-state index in [-0.39, 0.29) is 4.90 Å².